The number of hydrogen-bond donors (Lipinski definition) is 0. The summed E-state index contributed by atoms with van der Waals surface area (Å²) in [6, 6.07) is 5.83. The van der Waals surface area contributed by atoms with Gasteiger partial charge in [0.15, 0.2) is 11.6 Å². The third-order valence-electron chi connectivity index (χ3n) is 6.62. The molecule has 2 fully saturated rings. The van der Waals surface area contributed by atoms with Gasteiger partial charge in [-0.05, 0) is 42.5 Å². The molecule has 0 spiro atoms. The molecule has 0 heterocycles. The van der Waals surface area contributed by atoms with Crippen molar-refractivity contribution in [2.24, 2.45) is 11.8 Å². The van der Waals surface area contributed by atoms with Crippen LogP contribution >= 0.6 is 0 Å². The quantitative estimate of drug-likeness (QED) is 0.397. The molecular formula is C25H36O2. The molecule has 27 heavy (non-hydrogen) atoms. The van der Waals surface area contributed by atoms with Gasteiger partial charge >= 0.3 is 0 Å². The lowest BCUT2D eigenvalue weighted by molar-refractivity contribution is 0.0956. The molecule has 2 nitrogen and oxygen atoms in total. The van der Waals surface area contributed by atoms with Crippen LogP contribution in [0.1, 0.15) is 116 Å². The fourth-order valence-electron chi connectivity index (χ4n) is 5.00. The fourth-order valence-corrected chi connectivity index (χ4v) is 5.00. The Balaban J connectivity index is 1.65. The van der Waals surface area contributed by atoms with Crippen molar-refractivity contribution in [2.75, 3.05) is 0 Å². The van der Waals surface area contributed by atoms with Gasteiger partial charge in [-0.25, -0.2) is 0 Å². The van der Waals surface area contributed by atoms with E-state index in [-0.39, 0.29) is 11.6 Å². The lowest BCUT2D eigenvalue weighted by Gasteiger charge is -2.15. The van der Waals surface area contributed by atoms with E-state index >= 15 is 0 Å². The third kappa shape index (κ3) is 6.30. The lowest BCUT2D eigenvalue weighted by atomic mass is 9.88. The highest BCUT2D eigenvalue weighted by molar-refractivity contribution is 6.01. The summed E-state index contributed by atoms with van der Waals surface area (Å²) in [5.74, 6) is 1.53. The molecule has 0 aromatic heterocycles. The Hall–Kier alpha value is -1.44. The Morgan fingerprint density at radius 2 is 1.04 bits per heavy atom. The maximum atomic E-state index is 12.9. The Bertz CT molecular complexity index is 577. The predicted octanol–water partition coefficient (Wildman–Crippen LogP) is 7.08. The topological polar surface area (TPSA) is 34.1 Å². The van der Waals surface area contributed by atoms with Crippen LogP contribution in [0.2, 0.25) is 0 Å². The van der Waals surface area contributed by atoms with Gasteiger partial charge in [0.1, 0.15) is 0 Å². The predicted molar refractivity (Wildman–Crippen MR) is 111 cm³/mol. The van der Waals surface area contributed by atoms with Crippen molar-refractivity contribution < 1.29 is 9.59 Å². The molecule has 3 rings (SSSR count). The number of rotatable bonds is 6. The maximum absolute atomic E-state index is 12.9. The molecule has 1 aromatic carbocycles. The molecule has 0 bridgehead atoms. The Labute approximate surface area is 165 Å². The summed E-state index contributed by atoms with van der Waals surface area (Å²) < 4.78 is 0. The van der Waals surface area contributed by atoms with Crippen molar-refractivity contribution in [3.05, 3.63) is 34.9 Å². The van der Waals surface area contributed by atoms with E-state index in [1.165, 1.54) is 77.0 Å². The first-order chi connectivity index (χ1) is 13.1. The number of hydrogen-bond acceptors (Lipinski definition) is 2. The minimum absolute atomic E-state index is 0.231. The van der Waals surface area contributed by atoms with Gasteiger partial charge in [0.2, 0.25) is 0 Å². The van der Waals surface area contributed by atoms with Crippen molar-refractivity contribution in [3.8, 4) is 0 Å². The summed E-state index contributed by atoms with van der Waals surface area (Å²) in [5, 5.41) is 0. The van der Waals surface area contributed by atoms with Crippen LogP contribution in [0.25, 0.3) is 0 Å². The van der Waals surface area contributed by atoms with Crippen molar-refractivity contribution >= 4 is 11.6 Å². The zero-order chi connectivity index (χ0) is 19.1. The SMILES string of the molecule is Cc1cc(C(=O)CC2CCCCCC2)cc(C(=O)CC2CCCCCC2)c1. The van der Waals surface area contributed by atoms with E-state index in [1.54, 1.807) is 0 Å². The summed E-state index contributed by atoms with van der Waals surface area (Å²) in [7, 11) is 0. The summed E-state index contributed by atoms with van der Waals surface area (Å²) >= 11 is 0. The lowest BCUT2D eigenvalue weighted by Crippen LogP contribution is -2.12. The van der Waals surface area contributed by atoms with Crippen LogP contribution in [0, 0.1) is 18.8 Å². The van der Waals surface area contributed by atoms with E-state index in [0.29, 0.717) is 24.7 Å². The first-order valence-corrected chi connectivity index (χ1v) is 11.3. The average molecular weight is 369 g/mol. The molecule has 0 radical (unpaired) electrons. The third-order valence-corrected chi connectivity index (χ3v) is 6.62. The molecule has 0 atom stereocenters. The van der Waals surface area contributed by atoms with Crippen molar-refractivity contribution in [2.45, 2.75) is 96.8 Å². The molecule has 2 aliphatic rings. The Morgan fingerprint density at radius 1 is 0.667 bits per heavy atom. The number of carbonyl (C=O) groups excluding carboxylic acids is 2. The normalized spacial score (nSPS) is 20.0. The zero-order valence-electron chi connectivity index (χ0n) is 17.1. The van der Waals surface area contributed by atoms with Gasteiger partial charge in [0.05, 0.1) is 0 Å². The second kappa shape index (κ2) is 10.2. The van der Waals surface area contributed by atoms with E-state index in [4.69, 9.17) is 0 Å². The van der Waals surface area contributed by atoms with Gasteiger partial charge < -0.3 is 0 Å². The van der Waals surface area contributed by atoms with Gasteiger partial charge in [-0.3, -0.25) is 9.59 Å². The van der Waals surface area contributed by atoms with Gasteiger partial charge in [0, 0.05) is 24.0 Å². The Morgan fingerprint density at radius 3 is 1.41 bits per heavy atom. The minimum atomic E-state index is 0.231. The summed E-state index contributed by atoms with van der Waals surface area (Å²) in [4.78, 5) is 25.8. The van der Waals surface area contributed by atoms with E-state index in [9.17, 15) is 9.59 Å². The minimum Gasteiger partial charge on any atom is -0.294 e. The smallest absolute Gasteiger partial charge is 0.163 e. The first-order valence-electron chi connectivity index (χ1n) is 11.3. The van der Waals surface area contributed by atoms with E-state index in [1.807, 2.05) is 25.1 Å². The molecule has 2 aliphatic carbocycles. The Kier molecular flexibility index (Phi) is 7.67. The van der Waals surface area contributed by atoms with Gasteiger partial charge in [-0.2, -0.15) is 0 Å². The van der Waals surface area contributed by atoms with Crippen LogP contribution in [0.4, 0.5) is 0 Å². The van der Waals surface area contributed by atoms with Crippen molar-refractivity contribution in [1.82, 2.24) is 0 Å². The molecular weight excluding hydrogens is 332 g/mol. The van der Waals surface area contributed by atoms with E-state index in [2.05, 4.69) is 0 Å². The van der Waals surface area contributed by atoms with Crippen molar-refractivity contribution in [1.29, 1.82) is 0 Å². The van der Waals surface area contributed by atoms with E-state index < -0.39 is 0 Å². The number of carbonyl (C=O) groups is 2. The summed E-state index contributed by atoms with van der Waals surface area (Å²) in [6.45, 7) is 2.00. The average Bonchev–Trinajstić information content (AvgIpc) is 3.06. The van der Waals surface area contributed by atoms with Crippen molar-refractivity contribution in [3.63, 3.8) is 0 Å². The highest BCUT2D eigenvalue weighted by atomic mass is 16.1. The first kappa shape index (κ1) is 20.3. The van der Waals surface area contributed by atoms with Crippen LogP contribution in [0.3, 0.4) is 0 Å². The van der Waals surface area contributed by atoms with Gasteiger partial charge in [0.25, 0.3) is 0 Å². The fraction of sp³-hybridized carbons (Fsp3) is 0.680. The summed E-state index contributed by atoms with van der Waals surface area (Å²) in [6.07, 6.45) is 16.3. The number of aryl methyl sites for hydroxylation is 1. The second-order valence-corrected chi connectivity index (χ2v) is 9.06. The second-order valence-electron chi connectivity index (χ2n) is 9.06. The molecule has 148 valence electrons. The molecule has 0 unspecified atom stereocenters. The molecule has 0 aliphatic heterocycles. The van der Waals surface area contributed by atoms with E-state index in [0.717, 1.165) is 16.7 Å². The molecule has 2 saturated carbocycles. The monoisotopic (exact) mass is 368 g/mol. The number of ketones is 2. The molecule has 0 saturated heterocycles. The highest BCUT2D eigenvalue weighted by Crippen LogP contribution is 2.29. The highest BCUT2D eigenvalue weighted by Gasteiger charge is 2.20. The zero-order valence-corrected chi connectivity index (χ0v) is 17.1. The maximum Gasteiger partial charge on any atom is 0.163 e. The van der Waals surface area contributed by atoms with Gasteiger partial charge in [-0.1, -0.05) is 77.0 Å². The van der Waals surface area contributed by atoms with Crippen LogP contribution in [0.5, 0.6) is 0 Å². The molecule has 2 heteroatoms. The van der Waals surface area contributed by atoms with Crippen LogP contribution in [-0.2, 0) is 0 Å². The van der Waals surface area contributed by atoms with Crippen LogP contribution in [-0.4, -0.2) is 11.6 Å². The largest absolute Gasteiger partial charge is 0.294 e. The number of benzene rings is 1. The summed E-state index contributed by atoms with van der Waals surface area (Å²) in [5.41, 5.74) is 2.54. The standard InChI is InChI=1S/C25H36O2/c1-19-14-22(24(26)16-20-10-6-2-3-7-11-20)18-23(15-19)25(27)17-21-12-8-4-5-9-13-21/h14-15,18,20-21H,2-13,16-17H2,1H3. The molecule has 0 N–H and O–H groups in total. The number of Topliss-reactive ketones (excluding diaryl/α,β-unsaturated/α-hetero) is 2. The molecule has 1 aromatic rings. The van der Waals surface area contributed by atoms with Crippen LogP contribution in [0.15, 0.2) is 18.2 Å². The molecule has 0 amide bonds. The van der Waals surface area contributed by atoms with Gasteiger partial charge in [-0.15, -0.1) is 0 Å². The van der Waals surface area contributed by atoms with Crippen LogP contribution < -0.4 is 0 Å².